The second-order valence-electron chi connectivity index (χ2n) is 6.36. The molecule has 0 aliphatic carbocycles. The second-order valence-corrected chi connectivity index (χ2v) is 6.36. The summed E-state index contributed by atoms with van der Waals surface area (Å²) in [5.41, 5.74) is 7.61. The van der Waals surface area contributed by atoms with Crippen LogP contribution in [0.25, 0.3) is 11.0 Å². The number of nitrogens with one attached hydrogen (secondary N) is 1. The molecule has 126 valence electrons. The van der Waals surface area contributed by atoms with Gasteiger partial charge in [0.25, 0.3) is 5.91 Å². The van der Waals surface area contributed by atoms with Gasteiger partial charge >= 0.3 is 0 Å². The van der Waals surface area contributed by atoms with Crippen LogP contribution in [0.3, 0.4) is 0 Å². The van der Waals surface area contributed by atoms with Crippen molar-refractivity contribution < 1.29 is 4.79 Å². The zero-order valence-electron chi connectivity index (χ0n) is 14.7. The van der Waals surface area contributed by atoms with E-state index in [1.54, 1.807) is 6.20 Å². The summed E-state index contributed by atoms with van der Waals surface area (Å²) in [6.07, 6.45) is 3.35. The van der Waals surface area contributed by atoms with Crippen LogP contribution in [0.5, 0.6) is 0 Å². The number of carbonyl (C=O) groups is 1. The van der Waals surface area contributed by atoms with Crippen molar-refractivity contribution in [1.82, 2.24) is 20.1 Å². The molecule has 0 spiro atoms. The molecule has 2 aromatic heterocycles. The van der Waals surface area contributed by atoms with Crippen LogP contribution in [0.1, 0.15) is 62.6 Å². The van der Waals surface area contributed by atoms with Crippen LogP contribution >= 0.6 is 0 Å². The third-order valence-corrected chi connectivity index (χ3v) is 4.62. The number of rotatable bonds is 6. The number of fused-ring (bicyclic) bond motifs is 1. The van der Waals surface area contributed by atoms with E-state index in [4.69, 9.17) is 5.73 Å². The van der Waals surface area contributed by atoms with Gasteiger partial charge in [0.05, 0.1) is 23.0 Å². The van der Waals surface area contributed by atoms with Crippen molar-refractivity contribution in [2.45, 2.75) is 59.0 Å². The quantitative estimate of drug-likeness (QED) is 0.857. The number of nitrogens with zero attached hydrogens (tertiary/aromatic N) is 3. The van der Waals surface area contributed by atoms with Crippen molar-refractivity contribution in [2.24, 2.45) is 5.73 Å². The molecule has 0 unspecified atom stereocenters. The van der Waals surface area contributed by atoms with Gasteiger partial charge in [0.2, 0.25) is 0 Å². The summed E-state index contributed by atoms with van der Waals surface area (Å²) >= 11 is 0. The molecule has 0 radical (unpaired) electrons. The predicted octanol–water partition coefficient (Wildman–Crippen LogP) is 2.57. The summed E-state index contributed by atoms with van der Waals surface area (Å²) in [5, 5.41) is 8.34. The van der Waals surface area contributed by atoms with Crippen LogP contribution in [0.15, 0.2) is 12.3 Å². The zero-order chi connectivity index (χ0) is 17.2. The lowest BCUT2D eigenvalue weighted by Gasteiger charge is -2.31. The lowest BCUT2D eigenvalue weighted by molar-refractivity contribution is 0.0894. The Kier molecular flexibility index (Phi) is 5.04. The first-order chi connectivity index (χ1) is 10.9. The van der Waals surface area contributed by atoms with Crippen molar-refractivity contribution in [2.75, 3.05) is 6.54 Å². The fourth-order valence-corrected chi connectivity index (χ4v) is 2.75. The molecule has 0 fully saturated rings. The number of pyridine rings is 1. The van der Waals surface area contributed by atoms with E-state index in [-0.39, 0.29) is 17.5 Å². The molecule has 0 bridgehead atoms. The third kappa shape index (κ3) is 3.22. The summed E-state index contributed by atoms with van der Waals surface area (Å²) in [6.45, 7) is 10.5. The molecule has 1 amide bonds. The van der Waals surface area contributed by atoms with Crippen molar-refractivity contribution in [3.05, 3.63) is 23.5 Å². The average Bonchev–Trinajstić information content (AvgIpc) is 2.94. The van der Waals surface area contributed by atoms with Crippen LogP contribution in [-0.4, -0.2) is 32.8 Å². The Morgan fingerprint density at radius 1 is 1.39 bits per heavy atom. The topological polar surface area (TPSA) is 85.8 Å². The highest BCUT2D eigenvalue weighted by molar-refractivity contribution is 5.98. The van der Waals surface area contributed by atoms with Gasteiger partial charge in [-0.05, 0) is 39.7 Å². The summed E-state index contributed by atoms with van der Waals surface area (Å²) in [4.78, 5) is 17.3. The average molecular weight is 317 g/mol. The molecule has 0 saturated heterocycles. The van der Waals surface area contributed by atoms with Crippen molar-refractivity contribution in [1.29, 1.82) is 0 Å². The minimum atomic E-state index is -0.361. The first-order valence-electron chi connectivity index (χ1n) is 8.25. The van der Waals surface area contributed by atoms with Crippen molar-refractivity contribution in [3.63, 3.8) is 0 Å². The number of aromatic nitrogens is 3. The number of amides is 1. The van der Waals surface area contributed by atoms with E-state index in [0.29, 0.717) is 17.8 Å². The SMILES string of the molecule is CCC(CC)(CN)NC(=O)c1cc2cnn(C(C)C)c2nc1C. The number of carbonyl (C=O) groups excluding carboxylic acids is 1. The van der Waals surface area contributed by atoms with Crippen molar-refractivity contribution >= 4 is 16.9 Å². The maximum atomic E-state index is 12.7. The number of hydrogen-bond acceptors (Lipinski definition) is 4. The van der Waals surface area contributed by atoms with Crippen molar-refractivity contribution in [3.8, 4) is 0 Å². The van der Waals surface area contributed by atoms with E-state index in [1.807, 2.05) is 31.5 Å². The highest BCUT2D eigenvalue weighted by Gasteiger charge is 2.27. The molecule has 0 aliphatic rings. The van der Waals surface area contributed by atoms with Gasteiger partial charge < -0.3 is 11.1 Å². The molecule has 0 aliphatic heterocycles. The summed E-state index contributed by atoms with van der Waals surface area (Å²) in [6, 6.07) is 2.09. The Labute approximate surface area is 137 Å². The van der Waals surface area contributed by atoms with Gasteiger partial charge in [-0.15, -0.1) is 0 Å². The number of nitrogens with two attached hydrogens (primary N) is 1. The minimum Gasteiger partial charge on any atom is -0.345 e. The molecule has 0 aromatic carbocycles. The van der Waals surface area contributed by atoms with Gasteiger partial charge in [0.15, 0.2) is 5.65 Å². The fraction of sp³-hybridized carbons (Fsp3) is 0.588. The van der Waals surface area contributed by atoms with E-state index in [1.165, 1.54) is 0 Å². The van der Waals surface area contributed by atoms with E-state index < -0.39 is 0 Å². The fourth-order valence-electron chi connectivity index (χ4n) is 2.75. The Hall–Kier alpha value is -1.95. The largest absolute Gasteiger partial charge is 0.345 e. The maximum absolute atomic E-state index is 12.7. The highest BCUT2D eigenvalue weighted by atomic mass is 16.1. The Morgan fingerprint density at radius 3 is 2.57 bits per heavy atom. The zero-order valence-corrected chi connectivity index (χ0v) is 14.7. The number of aryl methyl sites for hydroxylation is 1. The molecule has 0 atom stereocenters. The van der Waals surface area contributed by atoms with E-state index in [0.717, 1.165) is 23.9 Å². The van der Waals surface area contributed by atoms with Crippen LogP contribution in [0.2, 0.25) is 0 Å². The molecule has 23 heavy (non-hydrogen) atoms. The Bertz CT molecular complexity index is 692. The summed E-state index contributed by atoms with van der Waals surface area (Å²) < 4.78 is 1.87. The smallest absolute Gasteiger partial charge is 0.253 e. The standard InChI is InChI=1S/C17H27N5O/c1-6-17(7-2,10-18)21-16(23)14-8-13-9-19-22(11(3)4)15(13)20-12(14)5/h8-9,11H,6-7,10,18H2,1-5H3,(H,21,23). The molecule has 2 aromatic rings. The highest BCUT2D eigenvalue weighted by Crippen LogP contribution is 2.21. The molecule has 6 nitrogen and oxygen atoms in total. The summed E-state index contributed by atoms with van der Waals surface area (Å²) in [5.74, 6) is -0.122. The minimum absolute atomic E-state index is 0.122. The molecule has 0 saturated carbocycles. The van der Waals surface area contributed by atoms with Gasteiger partial charge in [0.1, 0.15) is 0 Å². The molecular formula is C17H27N5O. The van der Waals surface area contributed by atoms with Gasteiger partial charge in [-0.2, -0.15) is 5.10 Å². The Morgan fingerprint density at radius 2 is 2.04 bits per heavy atom. The third-order valence-electron chi connectivity index (χ3n) is 4.62. The molecule has 6 heteroatoms. The molecule has 2 rings (SSSR count). The van der Waals surface area contributed by atoms with E-state index in [9.17, 15) is 4.79 Å². The maximum Gasteiger partial charge on any atom is 0.253 e. The van der Waals surface area contributed by atoms with Crippen LogP contribution < -0.4 is 11.1 Å². The van der Waals surface area contributed by atoms with Crippen LogP contribution in [-0.2, 0) is 0 Å². The lowest BCUT2D eigenvalue weighted by Crippen LogP contribution is -2.53. The monoisotopic (exact) mass is 317 g/mol. The van der Waals surface area contributed by atoms with Gasteiger partial charge in [-0.25, -0.2) is 9.67 Å². The molecular weight excluding hydrogens is 290 g/mol. The van der Waals surface area contributed by atoms with Gasteiger partial charge in [0, 0.05) is 18.0 Å². The first kappa shape index (κ1) is 17.4. The lowest BCUT2D eigenvalue weighted by atomic mass is 9.92. The van der Waals surface area contributed by atoms with Crippen LogP contribution in [0.4, 0.5) is 0 Å². The van der Waals surface area contributed by atoms with E-state index in [2.05, 4.69) is 29.2 Å². The normalized spacial score (nSPS) is 12.1. The summed E-state index contributed by atoms with van der Waals surface area (Å²) in [7, 11) is 0. The van der Waals surface area contributed by atoms with Gasteiger partial charge in [-0.3, -0.25) is 4.79 Å². The number of hydrogen-bond donors (Lipinski definition) is 2. The first-order valence-corrected chi connectivity index (χ1v) is 8.25. The van der Waals surface area contributed by atoms with Crippen LogP contribution in [0, 0.1) is 6.92 Å². The molecule has 3 N–H and O–H groups in total. The predicted molar refractivity (Wildman–Crippen MR) is 92.5 cm³/mol. The second kappa shape index (κ2) is 6.66. The van der Waals surface area contributed by atoms with E-state index >= 15 is 0 Å². The van der Waals surface area contributed by atoms with Gasteiger partial charge in [-0.1, -0.05) is 13.8 Å². The Balaban J connectivity index is 2.40. The molecule has 2 heterocycles.